The lowest BCUT2D eigenvalue weighted by molar-refractivity contribution is 0.415. The number of anilines is 2. The van der Waals surface area contributed by atoms with Crippen LogP contribution < -0.4 is 20.4 Å². The second-order valence-electron chi connectivity index (χ2n) is 6.97. The first kappa shape index (κ1) is 21.0. The van der Waals surface area contributed by atoms with Gasteiger partial charge in [-0.3, -0.25) is 0 Å². The van der Waals surface area contributed by atoms with Crippen LogP contribution in [0.2, 0.25) is 5.02 Å². The topological polar surface area (TPSA) is 86.5 Å². The molecule has 5 aromatic rings. The largest absolute Gasteiger partial charge is 0.497 e. The number of ether oxygens (including phenoxy) is 2. The molecule has 0 amide bonds. The zero-order valence-electron chi connectivity index (χ0n) is 17.2. The van der Waals surface area contributed by atoms with Gasteiger partial charge in [0.05, 0.1) is 12.7 Å². The molecule has 9 heteroatoms. The molecule has 0 radical (unpaired) electrons. The Bertz CT molecular complexity index is 1480. The van der Waals surface area contributed by atoms with Crippen molar-refractivity contribution in [2.75, 3.05) is 12.4 Å². The van der Waals surface area contributed by atoms with E-state index in [-0.39, 0.29) is 0 Å². The number of hydrogen-bond acceptors (Lipinski definition) is 8. The Balaban J connectivity index is 1.33. The van der Waals surface area contributed by atoms with Crippen LogP contribution in [0.4, 0.5) is 10.8 Å². The first-order chi connectivity index (χ1) is 16.1. The molecule has 0 unspecified atom stereocenters. The first-order valence-corrected chi connectivity index (χ1v) is 11.0. The molecule has 5 rings (SSSR count). The standard InChI is InChI=1S/C24H16ClN3O4S/c1-30-19-10-11-21-14(12-19)13-20(23(29)32-21)22-27-28-24(33-22)26-16-4-8-18(9-5-16)31-17-6-2-15(25)3-7-17/h2-13H,1H3,(H,26,28). The van der Waals surface area contributed by atoms with E-state index in [0.717, 1.165) is 11.1 Å². The lowest BCUT2D eigenvalue weighted by atomic mass is 10.2. The van der Waals surface area contributed by atoms with E-state index in [4.69, 9.17) is 25.5 Å². The molecule has 7 nitrogen and oxygen atoms in total. The Morgan fingerprint density at radius 2 is 1.61 bits per heavy atom. The molecule has 2 aromatic heterocycles. The average Bonchev–Trinajstić information content (AvgIpc) is 3.29. The zero-order chi connectivity index (χ0) is 22.8. The van der Waals surface area contributed by atoms with Gasteiger partial charge in [0, 0.05) is 16.1 Å². The zero-order valence-corrected chi connectivity index (χ0v) is 18.8. The van der Waals surface area contributed by atoms with Crippen molar-refractivity contribution in [1.82, 2.24) is 10.2 Å². The number of halogens is 1. The van der Waals surface area contributed by atoms with Crippen molar-refractivity contribution in [3.8, 4) is 27.8 Å². The number of fused-ring (bicyclic) bond motifs is 1. The van der Waals surface area contributed by atoms with Crippen LogP contribution in [0, 0.1) is 0 Å². The Morgan fingerprint density at radius 1 is 0.909 bits per heavy atom. The monoisotopic (exact) mass is 477 g/mol. The summed E-state index contributed by atoms with van der Waals surface area (Å²) in [6.45, 7) is 0. The smallest absolute Gasteiger partial charge is 0.346 e. The lowest BCUT2D eigenvalue weighted by Crippen LogP contribution is -2.02. The third-order valence-corrected chi connectivity index (χ3v) is 5.87. The van der Waals surface area contributed by atoms with E-state index in [1.54, 1.807) is 55.6 Å². The molecule has 0 saturated heterocycles. The van der Waals surface area contributed by atoms with Gasteiger partial charge in [-0.1, -0.05) is 22.9 Å². The molecular weight excluding hydrogens is 462 g/mol. The summed E-state index contributed by atoms with van der Waals surface area (Å²) in [7, 11) is 1.58. The first-order valence-electron chi connectivity index (χ1n) is 9.84. The number of aromatic nitrogens is 2. The van der Waals surface area contributed by atoms with Crippen molar-refractivity contribution in [3.63, 3.8) is 0 Å². The third-order valence-electron chi connectivity index (χ3n) is 4.75. The Hall–Kier alpha value is -3.88. The van der Waals surface area contributed by atoms with Crippen molar-refractivity contribution in [1.29, 1.82) is 0 Å². The molecule has 0 fully saturated rings. The van der Waals surface area contributed by atoms with Gasteiger partial charge < -0.3 is 19.2 Å². The maximum Gasteiger partial charge on any atom is 0.346 e. The summed E-state index contributed by atoms with van der Waals surface area (Å²) in [5.41, 5.74) is 1.15. The van der Waals surface area contributed by atoms with Gasteiger partial charge in [0.1, 0.15) is 22.8 Å². The molecule has 3 aromatic carbocycles. The van der Waals surface area contributed by atoms with Gasteiger partial charge >= 0.3 is 5.63 Å². The van der Waals surface area contributed by atoms with E-state index in [2.05, 4.69) is 15.5 Å². The number of rotatable bonds is 6. The summed E-state index contributed by atoms with van der Waals surface area (Å²) in [6, 6.07) is 21.5. The van der Waals surface area contributed by atoms with E-state index in [1.165, 1.54) is 11.3 Å². The molecule has 0 saturated carbocycles. The van der Waals surface area contributed by atoms with Crippen molar-refractivity contribution in [2.24, 2.45) is 0 Å². The van der Waals surface area contributed by atoms with Crippen LogP contribution in [0.15, 0.2) is 82.0 Å². The van der Waals surface area contributed by atoms with Crippen LogP contribution in [0.5, 0.6) is 17.2 Å². The molecule has 0 aliphatic rings. The molecular formula is C24H16ClN3O4S. The second kappa shape index (κ2) is 8.93. The maximum absolute atomic E-state index is 12.5. The van der Waals surface area contributed by atoms with Crippen LogP contribution in [0.3, 0.4) is 0 Å². The summed E-state index contributed by atoms with van der Waals surface area (Å²) in [5, 5.41) is 13.9. The summed E-state index contributed by atoms with van der Waals surface area (Å²) in [5.74, 6) is 2.05. The predicted molar refractivity (Wildman–Crippen MR) is 129 cm³/mol. The van der Waals surface area contributed by atoms with Crippen molar-refractivity contribution < 1.29 is 13.9 Å². The van der Waals surface area contributed by atoms with E-state index >= 15 is 0 Å². The van der Waals surface area contributed by atoms with Crippen LogP contribution in [-0.4, -0.2) is 17.3 Å². The van der Waals surface area contributed by atoms with E-state index < -0.39 is 5.63 Å². The molecule has 0 spiro atoms. The van der Waals surface area contributed by atoms with E-state index in [0.29, 0.717) is 43.6 Å². The Morgan fingerprint density at radius 3 is 2.33 bits per heavy atom. The summed E-state index contributed by atoms with van der Waals surface area (Å²) in [4.78, 5) is 12.5. The van der Waals surface area contributed by atoms with Crippen LogP contribution >= 0.6 is 22.9 Å². The minimum absolute atomic E-state index is 0.341. The quantitative estimate of drug-likeness (QED) is 0.279. The van der Waals surface area contributed by atoms with Crippen LogP contribution in [0.1, 0.15) is 0 Å². The van der Waals surface area contributed by atoms with Gasteiger partial charge in [0.2, 0.25) is 5.13 Å². The minimum atomic E-state index is -0.473. The molecule has 0 aliphatic heterocycles. The number of methoxy groups -OCH3 is 1. The number of hydrogen-bond donors (Lipinski definition) is 1. The highest BCUT2D eigenvalue weighted by Crippen LogP contribution is 2.30. The fourth-order valence-electron chi connectivity index (χ4n) is 3.13. The fraction of sp³-hybridized carbons (Fsp3) is 0.0417. The predicted octanol–water partition coefficient (Wildman–Crippen LogP) is 6.51. The maximum atomic E-state index is 12.5. The number of nitrogens with zero attached hydrogens (tertiary/aromatic N) is 2. The molecule has 164 valence electrons. The number of benzene rings is 3. The van der Waals surface area contributed by atoms with Crippen molar-refractivity contribution in [3.05, 3.63) is 88.2 Å². The minimum Gasteiger partial charge on any atom is -0.497 e. The molecule has 0 bridgehead atoms. The van der Waals surface area contributed by atoms with Gasteiger partial charge in [-0.05, 0) is 72.8 Å². The molecule has 0 atom stereocenters. The van der Waals surface area contributed by atoms with Gasteiger partial charge in [-0.15, -0.1) is 10.2 Å². The summed E-state index contributed by atoms with van der Waals surface area (Å²) in [6.07, 6.45) is 0. The highest BCUT2D eigenvalue weighted by atomic mass is 35.5. The highest BCUT2D eigenvalue weighted by molar-refractivity contribution is 7.18. The lowest BCUT2D eigenvalue weighted by Gasteiger charge is -2.07. The van der Waals surface area contributed by atoms with Gasteiger partial charge in [-0.25, -0.2) is 4.79 Å². The van der Waals surface area contributed by atoms with E-state index in [9.17, 15) is 4.79 Å². The molecule has 2 heterocycles. The summed E-state index contributed by atoms with van der Waals surface area (Å²) >= 11 is 7.15. The van der Waals surface area contributed by atoms with Crippen molar-refractivity contribution in [2.45, 2.75) is 0 Å². The van der Waals surface area contributed by atoms with Crippen LogP contribution in [-0.2, 0) is 0 Å². The Kier molecular flexibility index (Phi) is 5.68. The van der Waals surface area contributed by atoms with E-state index in [1.807, 2.05) is 24.3 Å². The average molecular weight is 478 g/mol. The van der Waals surface area contributed by atoms with Gasteiger partial charge in [0.15, 0.2) is 5.01 Å². The van der Waals surface area contributed by atoms with Gasteiger partial charge in [0.25, 0.3) is 0 Å². The normalized spacial score (nSPS) is 10.8. The number of nitrogens with one attached hydrogen (secondary N) is 1. The summed E-state index contributed by atoms with van der Waals surface area (Å²) < 4.78 is 16.5. The van der Waals surface area contributed by atoms with Gasteiger partial charge in [-0.2, -0.15) is 0 Å². The molecule has 0 aliphatic carbocycles. The Labute approximate surface area is 197 Å². The second-order valence-corrected chi connectivity index (χ2v) is 8.38. The highest BCUT2D eigenvalue weighted by Gasteiger charge is 2.14. The molecule has 33 heavy (non-hydrogen) atoms. The third kappa shape index (κ3) is 4.67. The SMILES string of the molecule is COc1ccc2oc(=O)c(-c3nnc(Nc4ccc(Oc5ccc(Cl)cc5)cc4)s3)cc2c1. The fourth-order valence-corrected chi connectivity index (χ4v) is 4.02. The van der Waals surface area contributed by atoms with Crippen molar-refractivity contribution >= 4 is 44.7 Å². The van der Waals surface area contributed by atoms with Crippen LogP contribution in [0.25, 0.3) is 21.5 Å². The molecule has 1 N–H and O–H groups in total.